The molecule has 1 atom stereocenters. The summed E-state index contributed by atoms with van der Waals surface area (Å²) in [6.45, 7) is 2.95. The van der Waals surface area contributed by atoms with Gasteiger partial charge in [-0.15, -0.1) is 11.3 Å². The minimum absolute atomic E-state index is 0.0882. The predicted molar refractivity (Wildman–Crippen MR) is 84.3 cm³/mol. The number of carbonyl (C=O) groups is 1. The van der Waals surface area contributed by atoms with Crippen LogP contribution in [-0.4, -0.2) is 28.4 Å². The Labute approximate surface area is 128 Å². The third-order valence-corrected chi connectivity index (χ3v) is 4.52. The van der Waals surface area contributed by atoms with Gasteiger partial charge in [0.15, 0.2) is 5.01 Å². The molecular formula is C17H16N2OS. The molecule has 21 heavy (non-hydrogen) atoms. The van der Waals surface area contributed by atoms with E-state index in [0.29, 0.717) is 15.9 Å². The number of rotatable bonds is 1. The summed E-state index contributed by atoms with van der Waals surface area (Å²) in [5.41, 5.74) is 0.953. The number of aromatic nitrogens is 1. The number of likely N-dealkylation sites (tertiary alicyclic amines) is 1. The number of nitrogens with zero attached hydrogens (tertiary/aromatic N) is 2. The van der Waals surface area contributed by atoms with Crippen molar-refractivity contribution < 1.29 is 4.79 Å². The Hall–Kier alpha value is -2.12. The van der Waals surface area contributed by atoms with Crippen molar-refractivity contribution in [3.63, 3.8) is 0 Å². The van der Waals surface area contributed by atoms with E-state index in [1.165, 1.54) is 11.3 Å². The number of hydrogen-bond acceptors (Lipinski definition) is 3. The molecule has 1 aromatic heterocycles. The first-order valence-electron chi connectivity index (χ1n) is 7.08. The summed E-state index contributed by atoms with van der Waals surface area (Å²) in [7, 11) is 0. The fourth-order valence-corrected chi connectivity index (χ4v) is 3.18. The molecule has 0 N–H and O–H groups in total. The highest BCUT2D eigenvalue weighted by molar-refractivity contribution is 7.14. The largest absolute Gasteiger partial charge is 0.335 e. The molecule has 3 rings (SSSR count). The molecule has 1 aliphatic heterocycles. The van der Waals surface area contributed by atoms with Crippen LogP contribution in [-0.2, 0) is 0 Å². The molecule has 0 aliphatic carbocycles. The van der Waals surface area contributed by atoms with E-state index in [1.807, 2.05) is 35.2 Å². The first-order valence-corrected chi connectivity index (χ1v) is 7.89. The molecule has 2 heterocycles. The summed E-state index contributed by atoms with van der Waals surface area (Å²) < 4.78 is 0. The monoisotopic (exact) mass is 296 g/mol. The molecule has 3 nitrogen and oxygen atoms in total. The molecule has 0 spiro atoms. The summed E-state index contributed by atoms with van der Waals surface area (Å²) in [6, 6.07) is 10.1. The zero-order valence-electron chi connectivity index (χ0n) is 11.9. The van der Waals surface area contributed by atoms with E-state index in [1.54, 1.807) is 6.20 Å². The van der Waals surface area contributed by atoms with Crippen LogP contribution in [0.15, 0.2) is 36.5 Å². The number of hydrogen-bond donors (Lipinski definition) is 0. The molecule has 4 heteroatoms. The fraction of sp³-hybridized carbons (Fsp3) is 0.294. The zero-order chi connectivity index (χ0) is 14.7. The van der Waals surface area contributed by atoms with Crippen LogP contribution in [0, 0.1) is 11.8 Å². The Morgan fingerprint density at radius 3 is 2.86 bits per heavy atom. The predicted octanol–water partition coefficient (Wildman–Crippen LogP) is 3.17. The molecule has 0 saturated carbocycles. The van der Waals surface area contributed by atoms with Gasteiger partial charge in [0.05, 0.1) is 6.20 Å². The molecule has 1 aliphatic rings. The average Bonchev–Trinajstić information content (AvgIpc) is 3.14. The van der Waals surface area contributed by atoms with Crippen LogP contribution < -0.4 is 0 Å². The third-order valence-electron chi connectivity index (χ3n) is 3.62. The van der Waals surface area contributed by atoms with E-state index in [9.17, 15) is 4.79 Å². The third kappa shape index (κ3) is 3.14. The summed E-state index contributed by atoms with van der Waals surface area (Å²) >= 11 is 1.37. The molecule has 106 valence electrons. The fourth-order valence-electron chi connectivity index (χ4n) is 2.45. The van der Waals surface area contributed by atoms with E-state index in [-0.39, 0.29) is 5.91 Å². The van der Waals surface area contributed by atoms with Crippen molar-refractivity contribution in [3.05, 3.63) is 52.0 Å². The van der Waals surface area contributed by atoms with Crippen molar-refractivity contribution >= 4 is 17.2 Å². The second-order valence-electron chi connectivity index (χ2n) is 5.14. The van der Waals surface area contributed by atoms with Crippen LogP contribution in [0.4, 0.5) is 0 Å². The Balaban J connectivity index is 1.75. The Morgan fingerprint density at radius 1 is 1.33 bits per heavy atom. The molecule has 1 saturated heterocycles. The van der Waals surface area contributed by atoms with Crippen LogP contribution in [0.25, 0.3) is 0 Å². The minimum Gasteiger partial charge on any atom is -0.335 e. The van der Waals surface area contributed by atoms with Crippen molar-refractivity contribution in [2.75, 3.05) is 6.54 Å². The molecule has 1 aromatic carbocycles. The van der Waals surface area contributed by atoms with Gasteiger partial charge in [0.25, 0.3) is 5.91 Å². The van der Waals surface area contributed by atoms with E-state index in [4.69, 9.17) is 0 Å². The Morgan fingerprint density at radius 2 is 2.14 bits per heavy atom. The molecule has 1 amide bonds. The second kappa shape index (κ2) is 6.11. The van der Waals surface area contributed by atoms with E-state index in [0.717, 1.165) is 24.9 Å². The summed E-state index contributed by atoms with van der Waals surface area (Å²) in [5.74, 6) is 6.18. The topological polar surface area (TPSA) is 33.2 Å². The maximum atomic E-state index is 12.4. The van der Waals surface area contributed by atoms with Gasteiger partial charge in [0.2, 0.25) is 0 Å². The van der Waals surface area contributed by atoms with Crippen LogP contribution in [0.3, 0.4) is 0 Å². The van der Waals surface area contributed by atoms with Crippen LogP contribution in [0.5, 0.6) is 0 Å². The van der Waals surface area contributed by atoms with Gasteiger partial charge in [-0.1, -0.05) is 24.1 Å². The van der Waals surface area contributed by atoms with Crippen molar-refractivity contribution in [3.8, 4) is 11.8 Å². The lowest BCUT2D eigenvalue weighted by Crippen LogP contribution is -2.33. The number of amides is 1. The molecule has 1 unspecified atom stereocenters. The van der Waals surface area contributed by atoms with E-state index >= 15 is 0 Å². The maximum Gasteiger partial charge on any atom is 0.265 e. The van der Waals surface area contributed by atoms with Gasteiger partial charge in [-0.2, -0.15) is 0 Å². The molecule has 1 fully saturated rings. The van der Waals surface area contributed by atoms with Gasteiger partial charge in [-0.05, 0) is 37.8 Å². The van der Waals surface area contributed by atoms with Crippen molar-refractivity contribution in [1.82, 2.24) is 9.88 Å². The van der Waals surface area contributed by atoms with E-state index in [2.05, 4.69) is 23.7 Å². The number of thiazole rings is 1. The lowest BCUT2D eigenvalue weighted by atomic mass is 10.2. The molecule has 0 bridgehead atoms. The maximum absolute atomic E-state index is 12.4. The lowest BCUT2D eigenvalue weighted by molar-refractivity contribution is 0.0752. The van der Waals surface area contributed by atoms with Gasteiger partial charge in [0, 0.05) is 18.2 Å². The summed E-state index contributed by atoms with van der Waals surface area (Å²) in [5, 5.41) is 0.689. The molecular weight excluding hydrogens is 280 g/mol. The zero-order valence-corrected chi connectivity index (χ0v) is 12.7. The highest BCUT2D eigenvalue weighted by Crippen LogP contribution is 2.22. The number of carbonyl (C=O) groups excluding carboxylic acids is 1. The van der Waals surface area contributed by atoms with Gasteiger partial charge in [0.1, 0.15) is 4.88 Å². The van der Waals surface area contributed by atoms with Crippen molar-refractivity contribution in [2.24, 2.45) is 0 Å². The first kappa shape index (κ1) is 13.8. The van der Waals surface area contributed by atoms with Crippen LogP contribution >= 0.6 is 11.3 Å². The highest BCUT2D eigenvalue weighted by atomic mass is 32.1. The van der Waals surface area contributed by atoms with Gasteiger partial charge < -0.3 is 4.90 Å². The van der Waals surface area contributed by atoms with Crippen molar-refractivity contribution in [1.29, 1.82) is 0 Å². The van der Waals surface area contributed by atoms with Crippen LogP contribution in [0.2, 0.25) is 0 Å². The normalized spacial score (nSPS) is 17.4. The standard InChI is InChI=1S/C17H16N2OS/c1-13-6-5-11-19(13)17(20)15-12-18-16(21-15)10-9-14-7-3-2-4-8-14/h2-4,7-8,12-13H,5-6,11H2,1H3. The smallest absolute Gasteiger partial charge is 0.265 e. The SMILES string of the molecule is CC1CCCN1C(=O)c1cnc(C#Cc2ccccc2)s1. The van der Waals surface area contributed by atoms with Gasteiger partial charge in [-0.25, -0.2) is 4.98 Å². The lowest BCUT2D eigenvalue weighted by Gasteiger charge is -2.19. The second-order valence-corrected chi connectivity index (χ2v) is 6.17. The molecule has 2 aromatic rings. The Bertz CT molecular complexity index is 696. The van der Waals surface area contributed by atoms with Gasteiger partial charge in [-0.3, -0.25) is 4.79 Å². The molecule has 0 radical (unpaired) electrons. The quantitative estimate of drug-likeness (QED) is 0.757. The summed E-state index contributed by atoms with van der Waals surface area (Å²) in [4.78, 5) is 19.3. The first-order chi connectivity index (χ1) is 10.2. The summed E-state index contributed by atoms with van der Waals surface area (Å²) in [6.07, 6.45) is 3.82. The van der Waals surface area contributed by atoms with E-state index < -0.39 is 0 Å². The minimum atomic E-state index is 0.0882. The Kier molecular flexibility index (Phi) is 4.03. The van der Waals surface area contributed by atoms with Crippen molar-refractivity contribution in [2.45, 2.75) is 25.8 Å². The van der Waals surface area contributed by atoms with Gasteiger partial charge >= 0.3 is 0 Å². The average molecular weight is 296 g/mol. The van der Waals surface area contributed by atoms with Crippen LogP contribution in [0.1, 0.15) is 40.0 Å². The number of benzene rings is 1. The highest BCUT2D eigenvalue weighted by Gasteiger charge is 2.27.